The van der Waals surface area contributed by atoms with Crippen molar-refractivity contribution in [2.24, 2.45) is 11.8 Å². The maximum absolute atomic E-state index is 12.2. The number of anilines is 2. The fourth-order valence-electron chi connectivity index (χ4n) is 7.20. The highest BCUT2D eigenvalue weighted by Gasteiger charge is 2.62. The molecule has 0 bridgehead atoms. The van der Waals surface area contributed by atoms with Gasteiger partial charge in [0.15, 0.2) is 0 Å². The van der Waals surface area contributed by atoms with Crippen LogP contribution >= 0.6 is 0 Å². The van der Waals surface area contributed by atoms with E-state index in [0.717, 1.165) is 59.7 Å². The van der Waals surface area contributed by atoms with Crippen molar-refractivity contribution in [3.05, 3.63) is 47.5 Å². The predicted octanol–water partition coefficient (Wildman–Crippen LogP) is 5.61. The van der Waals surface area contributed by atoms with Crippen molar-refractivity contribution in [3.8, 4) is 11.5 Å². The van der Waals surface area contributed by atoms with E-state index in [0.29, 0.717) is 38.8 Å². The molecule has 4 amide bonds. The molecule has 2 heterocycles. The van der Waals surface area contributed by atoms with Crippen LogP contribution in [-0.2, 0) is 20.4 Å². The summed E-state index contributed by atoms with van der Waals surface area (Å²) in [5, 5.41) is 14.8. The van der Waals surface area contributed by atoms with E-state index in [-0.39, 0.29) is 56.2 Å². The molecule has 2 fully saturated rings. The number of nitrogens with one attached hydrogen (secondary N) is 2. The minimum Gasteiger partial charge on any atom is -0.493 e. The molecule has 2 aliphatic carbocycles. The second-order valence-electron chi connectivity index (χ2n) is 12.1. The van der Waals surface area contributed by atoms with E-state index in [1.54, 1.807) is 23.9 Å². The van der Waals surface area contributed by atoms with Crippen LogP contribution in [0.2, 0.25) is 0 Å². The molecule has 3 N–H and O–H groups in total. The molecular weight excluding hydrogens is 600 g/mol. The molecule has 2 aromatic carbocycles. The van der Waals surface area contributed by atoms with E-state index in [1.807, 2.05) is 51.1 Å². The van der Waals surface area contributed by atoms with Gasteiger partial charge in [-0.05, 0) is 88.8 Å². The third kappa shape index (κ3) is 6.86. The van der Waals surface area contributed by atoms with Gasteiger partial charge in [0, 0.05) is 67.1 Å². The number of nitrogens with zero attached hydrogens (tertiary/aromatic N) is 2. The summed E-state index contributed by atoms with van der Waals surface area (Å²) >= 11 is 0. The molecular formula is C36H54N4O7. The van der Waals surface area contributed by atoms with Crippen molar-refractivity contribution in [1.29, 1.82) is 0 Å². The molecule has 47 heavy (non-hydrogen) atoms. The summed E-state index contributed by atoms with van der Waals surface area (Å²) in [6.45, 7) is 8.81. The SMILES string of the molecule is C.C.CCN(C(=O)NC)c1ccc2c(c1)C1(CCO2)CC1CO.CCOC(=O)C1CC12CCOc1ccc(N(CC)C(=O)NC)cc12. The smallest absolute Gasteiger partial charge is 0.321 e. The zero-order valence-corrected chi connectivity index (χ0v) is 27.0. The lowest BCUT2D eigenvalue weighted by Gasteiger charge is -2.29. The number of urea groups is 2. The Bertz CT molecular complexity index is 1430. The van der Waals surface area contributed by atoms with Gasteiger partial charge < -0.3 is 30.0 Å². The average Bonchev–Trinajstić information content (AvgIpc) is 3.97. The van der Waals surface area contributed by atoms with Crippen molar-refractivity contribution in [1.82, 2.24) is 10.6 Å². The second kappa shape index (κ2) is 15.3. The Kier molecular flexibility index (Phi) is 12.2. The van der Waals surface area contributed by atoms with Gasteiger partial charge in [-0.15, -0.1) is 0 Å². The molecule has 11 heteroatoms. The Morgan fingerprint density at radius 3 is 1.74 bits per heavy atom. The number of fused-ring (bicyclic) bond motifs is 4. The summed E-state index contributed by atoms with van der Waals surface area (Å²) in [7, 11) is 3.25. The molecule has 4 atom stereocenters. The molecule has 0 radical (unpaired) electrons. The number of carbonyl (C=O) groups is 3. The van der Waals surface area contributed by atoms with Crippen LogP contribution in [0.25, 0.3) is 0 Å². The number of hydrogen-bond acceptors (Lipinski definition) is 7. The van der Waals surface area contributed by atoms with E-state index in [9.17, 15) is 19.5 Å². The number of ether oxygens (including phenoxy) is 3. The molecule has 260 valence electrons. The summed E-state index contributed by atoms with van der Waals surface area (Å²) in [6, 6.07) is 11.4. The Labute approximate surface area is 279 Å². The minimum absolute atomic E-state index is 0. The Morgan fingerprint density at radius 2 is 1.32 bits per heavy atom. The van der Waals surface area contributed by atoms with Crippen LogP contribution in [-0.4, -0.2) is 76.8 Å². The van der Waals surface area contributed by atoms with Gasteiger partial charge in [0.2, 0.25) is 0 Å². The number of rotatable bonds is 7. The highest BCUT2D eigenvalue weighted by molar-refractivity contribution is 5.93. The van der Waals surface area contributed by atoms with Crippen molar-refractivity contribution in [2.75, 3.05) is 63.4 Å². The summed E-state index contributed by atoms with van der Waals surface area (Å²) < 4.78 is 16.7. The second-order valence-corrected chi connectivity index (χ2v) is 12.1. The number of hydrogen-bond donors (Lipinski definition) is 3. The van der Waals surface area contributed by atoms with Crippen LogP contribution in [0.4, 0.5) is 21.0 Å². The van der Waals surface area contributed by atoms with Crippen LogP contribution in [0.3, 0.4) is 0 Å². The van der Waals surface area contributed by atoms with Gasteiger partial charge in [-0.2, -0.15) is 0 Å². The van der Waals surface area contributed by atoms with E-state index < -0.39 is 0 Å². The number of carbonyl (C=O) groups excluding carboxylic acids is 3. The fourth-order valence-corrected chi connectivity index (χ4v) is 7.20. The van der Waals surface area contributed by atoms with Crippen LogP contribution < -0.4 is 29.9 Å². The summed E-state index contributed by atoms with van der Waals surface area (Å²) in [5.41, 5.74) is 3.72. The maximum Gasteiger partial charge on any atom is 0.321 e. The summed E-state index contributed by atoms with van der Waals surface area (Å²) in [4.78, 5) is 39.6. The van der Waals surface area contributed by atoms with Gasteiger partial charge in [0.25, 0.3) is 0 Å². The van der Waals surface area contributed by atoms with E-state index >= 15 is 0 Å². The van der Waals surface area contributed by atoms with E-state index in [2.05, 4.69) is 16.7 Å². The standard InChI is InChI=1S/C18H24N2O4.C16H22N2O3.2CH4/c1-4-20(17(22)19-3)12-6-7-15-13(10-12)18(8-9-24-15)11-14(18)16(21)23-5-2;1-3-18(15(20)17-2)12-4-5-14-13(8-12)16(6-7-21-14)9-11(16)10-19;;/h6-7,10,14H,4-5,8-9,11H2,1-3H3,(H,19,22);4-5,8,11,19H,3,6-7,9-10H2,1-2H3,(H,17,20);2*1H4. The average molecular weight is 655 g/mol. The van der Waals surface area contributed by atoms with Gasteiger partial charge in [0.05, 0.1) is 25.7 Å². The van der Waals surface area contributed by atoms with Crippen LogP contribution in [0.5, 0.6) is 11.5 Å². The van der Waals surface area contributed by atoms with Crippen LogP contribution in [0.1, 0.15) is 72.4 Å². The lowest BCUT2D eigenvalue weighted by Crippen LogP contribution is -2.38. The number of aliphatic hydroxyl groups excluding tert-OH is 1. The van der Waals surface area contributed by atoms with Crippen molar-refractivity contribution in [2.45, 2.75) is 72.1 Å². The number of benzene rings is 2. The maximum atomic E-state index is 12.2. The Morgan fingerprint density at radius 1 is 0.830 bits per heavy atom. The molecule has 6 rings (SSSR count). The highest BCUT2D eigenvalue weighted by atomic mass is 16.5. The lowest BCUT2D eigenvalue weighted by atomic mass is 9.87. The molecule has 4 unspecified atom stereocenters. The molecule has 0 aromatic heterocycles. The largest absolute Gasteiger partial charge is 0.493 e. The van der Waals surface area contributed by atoms with Gasteiger partial charge in [0.1, 0.15) is 11.5 Å². The third-order valence-corrected chi connectivity index (χ3v) is 9.88. The molecule has 2 saturated carbocycles. The Hall–Kier alpha value is -3.99. The van der Waals surface area contributed by atoms with Crippen LogP contribution in [0.15, 0.2) is 36.4 Å². The van der Waals surface area contributed by atoms with Gasteiger partial charge >= 0.3 is 18.0 Å². The lowest BCUT2D eigenvalue weighted by molar-refractivity contribution is -0.145. The van der Waals surface area contributed by atoms with Gasteiger partial charge in [-0.3, -0.25) is 14.6 Å². The normalized spacial score (nSPS) is 23.8. The highest BCUT2D eigenvalue weighted by Crippen LogP contribution is 2.62. The number of amides is 4. The third-order valence-electron chi connectivity index (χ3n) is 9.88. The first-order chi connectivity index (χ1) is 21.7. The van der Waals surface area contributed by atoms with Crippen molar-refractivity contribution >= 4 is 29.4 Å². The zero-order chi connectivity index (χ0) is 32.4. The molecule has 0 saturated heterocycles. The quantitative estimate of drug-likeness (QED) is 0.331. The number of aliphatic hydroxyl groups is 1. The fraction of sp³-hybridized carbons (Fsp3) is 0.583. The number of esters is 1. The van der Waals surface area contributed by atoms with Crippen molar-refractivity contribution < 1.29 is 33.7 Å². The molecule has 2 aromatic rings. The molecule has 2 spiro atoms. The first-order valence-corrected chi connectivity index (χ1v) is 16.0. The van der Waals surface area contributed by atoms with Crippen molar-refractivity contribution in [3.63, 3.8) is 0 Å². The first kappa shape index (κ1) is 37.5. The zero-order valence-electron chi connectivity index (χ0n) is 27.0. The minimum atomic E-state index is -0.196. The molecule has 4 aliphatic rings. The van der Waals surface area contributed by atoms with E-state index in [1.165, 1.54) is 0 Å². The van der Waals surface area contributed by atoms with E-state index in [4.69, 9.17) is 14.2 Å². The van der Waals surface area contributed by atoms with Gasteiger partial charge in [-0.25, -0.2) is 9.59 Å². The van der Waals surface area contributed by atoms with Crippen LogP contribution in [0, 0.1) is 11.8 Å². The first-order valence-electron chi connectivity index (χ1n) is 16.0. The Balaban J connectivity index is 0.000000247. The monoisotopic (exact) mass is 654 g/mol. The summed E-state index contributed by atoms with van der Waals surface area (Å²) in [6.07, 6.45) is 3.55. The molecule has 2 aliphatic heterocycles. The van der Waals surface area contributed by atoms with Gasteiger partial charge in [-0.1, -0.05) is 14.9 Å². The topological polar surface area (TPSA) is 130 Å². The summed E-state index contributed by atoms with van der Waals surface area (Å²) in [5.74, 6) is 1.80. The molecule has 11 nitrogen and oxygen atoms in total. The predicted molar refractivity (Wildman–Crippen MR) is 185 cm³/mol.